The summed E-state index contributed by atoms with van der Waals surface area (Å²) in [5, 5.41) is 4.32. The minimum Gasteiger partial charge on any atom is -0.497 e. The summed E-state index contributed by atoms with van der Waals surface area (Å²) in [6.45, 7) is 1.90. The molecular weight excluding hydrogens is 350 g/mol. The van der Waals surface area contributed by atoms with E-state index in [-0.39, 0.29) is 5.91 Å². The molecule has 0 radical (unpaired) electrons. The van der Waals surface area contributed by atoms with Gasteiger partial charge in [0.15, 0.2) is 0 Å². The molecule has 2 N–H and O–H groups in total. The number of para-hydroxylation sites is 1. The largest absolute Gasteiger partial charge is 0.497 e. The molecule has 4 rings (SSSR count). The molecule has 1 amide bonds. The number of carbonyl (C=O) groups excluding carboxylic acids is 1. The van der Waals surface area contributed by atoms with Gasteiger partial charge in [-0.3, -0.25) is 9.69 Å². The smallest absolute Gasteiger partial charge is 0.234 e. The van der Waals surface area contributed by atoms with E-state index in [1.165, 1.54) is 29.4 Å². The Kier molecular flexibility index (Phi) is 5.63. The van der Waals surface area contributed by atoms with Crippen LogP contribution in [-0.2, 0) is 17.8 Å². The zero-order valence-corrected chi connectivity index (χ0v) is 16.3. The molecule has 0 aliphatic heterocycles. The highest BCUT2D eigenvalue weighted by molar-refractivity contribution is 5.83. The van der Waals surface area contributed by atoms with Crippen molar-refractivity contribution in [2.24, 2.45) is 0 Å². The van der Waals surface area contributed by atoms with Crippen LogP contribution in [0.3, 0.4) is 0 Å². The Morgan fingerprint density at radius 2 is 1.96 bits per heavy atom. The van der Waals surface area contributed by atoms with Gasteiger partial charge in [0.25, 0.3) is 0 Å². The summed E-state index contributed by atoms with van der Waals surface area (Å²) in [4.78, 5) is 18.1. The molecule has 1 fully saturated rings. The number of hydrogen-bond donors (Lipinski definition) is 2. The molecule has 1 heterocycles. The van der Waals surface area contributed by atoms with Crippen LogP contribution < -0.4 is 10.1 Å². The van der Waals surface area contributed by atoms with Gasteiger partial charge in [-0.05, 0) is 48.6 Å². The topological polar surface area (TPSA) is 57.4 Å². The number of benzene rings is 2. The lowest BCUT2D eigenvalue weighted by Gasteiger charge is -2.21. The zero-order valence-electron chi connectivity index (χ0n) is 16.3. The average molecular weight is 377 g/mol. The van der Waals surface area contributed by atoms with Gasteiger partial charge >= 0.3 is 0 Å². The number of hydrogen-bond acceptors (Lipinski definition) is 3. The quantitative estimate of drug-likeness (QED) is 0.600. The Bertz CT molecular complexity index is 928. The fraction of sp³-hybridized carbons (Fsp3) is 0.348. The molecule has 1 aromatic heterocycles. The minimum atomic E-state index is 0.0975. The molecule has 3 aromatic rings. The highest BCUT2D eigenvalue weighted by atomic mass is 16.5. The van der Waals surface area contributed by atoms with Gasteiger partial charge in [0.2, 0.25) is 5.91 Å². The number of fused-ring (bicyclic) bond motifs is 1. The van der Waals surface area contributed by atoms with Crippen molar-refractivity contribution < 1.29 is 9.53 Å². The molecule has 0 atom stereocenters. The second-order valence-corrected chi connectivity index (χ2v) is 7.44. The lowest BCUT2D eigenvalue weighted by molar-refractivity contribution is -0.122. The van der Waals surface area contributed by atoms with Crippen molar-refractivity contribution in [2.45, 2.75) is 31.8 Å². The Morgan fingerprint density at radius 3 is 2.71 bits per heavy atom. The fourth-order valence-electron chi connectivity index (χ4n) is 3.63. The van der Waals surface area contributed by atoms with Crippen molar-refractivity contribution in [3.63, 3.8) is 0 Å². The number of amides is 1. The predicted molar refractivity (Wildman–Crippen MR) is 111 cm³/mol. The summed E-state index contributed by atoms with van der Waals surface area (Å²) >= 11 is 0. The minimum absolute atomic E-state index is 0.0975. The summed E-state index contributed by atoms with van der Waals surface area (Å²) in [6, 6.07) is 16.9. The zero-order chi connectivity index (χ0) is 19.3. The van der Waals surface area contributed by atoms with Crippen LogP contribution in [0.5, 0.6) is 5.75 Å². The number of carbonyl (C=O) groups is 1. The van der Waals surface area contributed by atoms with Gasteiger partial charge < -0.3 is 15.0 Å². The molecule has 1 aliphatic carbocycles. The molecule has 5 heteroatoms. The van der Waals surface area contributed by atoms with Gasteiger partial charge in [-0.1, -0.05) is 30.3 Å². The van der Waals surface area contributed by atoms with E-state index in [2.05, 4.69) is 39.5 Å². The molecule has 28 heavy (non-hydrogen) atoms. The highest BCUT2D eigenvalue weighted by Crippen LogP contribution is 2.28. The molecule has 0 unspecified atom stereocenters. The molecule has 2 aromatic carbocycles. The maximum absolute atomic E-state index is 12.5. The van der Waals surface area contributed by atoms with Crippen molar-refractivity contribution in [2.75, 3.05) is 20.2 Å². The molecule has 0 spiro atoms. The van der Waals surface area contributed by atoms with E-state index in [0.29, 0.717) is 19.1 Å². The van der Waals surface area contributed by atoms with Gasteiger partial charge in [0.05, 0.1) is 13.7 Å². The lowest BCUT2D eigenvalue weighted by Crippen LogP contribution is -2.38. The number of nitrogens with one attached hydrogen (secondary N) is 2. The molecule has 5 nitrogen and oxygen atoms in total. The van der Waals surface area contributed by atoms with Crippen LogP contribution in [0.25, 0.3) is 10.9 Å². The van der Waals surface area contributed by atoms with Crippen LogP contribution in [0.1, 0.15) is 24.0 Å². The Balaban J connectivity index is 1.28. The van der Waals surface area contributed by atoms with Crippen LogP contribution in [0, 0.1) is 0 Å². The third-order valence-electron chi connectivity index (χ3n) is 5.35. The second kappa shape index (κ2) is 8.48. The van der Waals surface area contributed by atoms with Gasteiger partial charge in [-0.2, -0.15) is 0 Å². The highest BCUT2D eigenvalue weighted by Gasteiger charge is 2.30. The van der Waals surface area contributed by atoms with Crippen molar-refractivity contribution in [3.8, 4) is 5.75 Å². The Morgan fingerprint density at radius 1 is 1.18 bits per heavy atom. The third-order valence-corrected chi connectivity index (χ3v) is 5.35. The molecule has 1 saturated carbocycles. The summed E-state index contributed by atoms with van der Waals surface area (Å²) in [5.41, 5.74) is 3.59. The summed E-state index contributed by atoms with van der Waals surface area (Å²) in [5.74, 6) is 0.956. The van der Waals surface area contributed by atoms with E-state index in [1.54, 1.807) is 7.11 Å². The first kappa shape index (κ1) is 18.6. The fourth-order valence-corrected chi connectivity index (χ4v) is 3.63. The summed E-state index contributed by atoms with van der Waals surface area (Å²) in [7, 11) is 1.67. The molecule has 146 valence electrons. The maximum Gasteiger partial charge on any atom is 0.234 e. The van der Waals surface area contributed by atoms with Crippen LogP contribution in [0.4, 0.5) is 0 Å². The number of H-pyrrole nitrogens is 1. The number of ether oxygens (including phenoxy) is 1. The second-order valence-electron chi connectivity index (χ2n) is 7.44. The monoisotopic (exact) mass is 377 g/mol. The van der Waals surface area contributed by atoms with Crippen LogP contribution >= 0.6 is 0 Å². The summed E-state index contributed by atoms with van der Waals surface area (Å²) in [6.07, 6.45) is 5.23. The molecule has 1 aliphatic rings. The van der Waals surface area contributed by atoms with Gasteiger partial charge in [0.1, 0.15) is 5.75 Å². The average Bonchev–Trinajstić information content (AvgIpc) is 3.49. The lowest BCUT2D eigenvalue weighted by atomic mass is 10.1. The maximum atomic E-state index is 12.5. The van der Waals surface area contributed by atoms with Gasteiger partial charge in [0, 0.05) is 36.2 Å². The van der Waals surface area contributed by atoms with E-state index in [1.807, 2.05) is 30.5 Å². The van der Waals surface area contributed by atoms with Gasteiger partial charge in [-0.25, -0.2) is 0 Å². The van der Waals surface area contributed by atoms with Crippen LogP contribution in [0.2, 0.25) is 0 Å². The normalized spacial score (nSPS) is 13.8. The number of nitrogens with zero attached hydrogens (tertiary/aromatic N) is 1. The molecule has 0 saturated heterocycles. The first-order valence-electron chi connectivity index (χ1n) is 9.91. The van der Waals surface area contributed by atoms with Crippen molar-refractivity contribution in [1.29, 1.82) is 0 Å². The molecule has 0 bridgehead atoms. The van der Waals surface area contributed by atoms with E-state index in [4.69, 9.17) is 4.74 Å². The molecular formula is C23H27N3O2. The Hall–Kier alpha value is -2.79. The van der Waals surface area contributed by atoms with E-state index in [0.717, 1.165) is 24.2 Å². The first-order valence-corrected chi connectivity index (χ1v) is 9.91. The van der Waals surface area contributed by atoms with Gasteiger partial charge in [-0.15, -0.1) is 0 Å². The number of methoxy groups -OCH3 is 1. The van der Waals surface area contributed by atoms with Crippen molar-refractivity contribution in [3.05, 3.63) is 65.9 Å². The summed E-state index contributed by atoms with van der Waals surface area (Å²) < 4.78 is 5.22. The van der Waals surface area contributed by atoms with E-state index >= 15 is 0 Å². The Labute approximate surface area is 165 Å². The SMILES string of the molecule is COc1ccc(CN(CC(=O)NCCc2c[nH]c3ccccc23)C2CC2)cc1. The van der Waals surface area contributed by atoms with Crippen LogP contribution in [-0.4, -0.2) is 42.0 Å². The predicted octanol–water partition coefficient (Wildman–Crippen LogP) is 3.50. The first-order chi connectivity index (χ1) is 13.7. The number of aromatic nitrogens is 1. The standard InChI is InChI=1S/C23H27N3O2/c1-28-20-10-6-17(7-11-20)15-26(19-8-9-19)16-23(27)24-13-12-18-14-25-22-5-3-2-4-21(18)22/h2-7,10-11,14,19,25H,8-9,12-13,15-16H2,1H3,(H,24,27). The number of aromatic amines is 1. The van der Waals surface area contributed by atoms with Crippen molar-refractivity contribution >= 4 is 16.8 Å². The van der Waals surface area contributed by atoms with Crippen LogP contribution in [0.15, 0.2) is 54.7 Å². The third kappa shape index (κ3) is 4.54. The number of rotatable bonds is 9. The van der Waals surface area contributed by atoms with Crippen molar-refractivity contribution in [1.82, 2.24) is 15.2 Å². The van der Waals surface area contributed by atoms with E-state index in [9.17, 15) is 4.79 Å². The van der Waals surface area contributed by atoms with E-state index < -0.39 is 0 Å².